The van der Waals surface area contributed by atoms with Gasteiger partial charge in [-0.15, -0.1) is 0 Å². The van der Waals surface area contributed by atoms with Crippen LogP contribution < -0.4 is 5.32 Å². The maximum Gasteiger partial charge on any atom is 0.319 e. The second kappa shape index (κ2) is 7.25. The van der Waals surface area contributed by atoms with Crippen molar-refractivity contribution in [2.24, 2.45) is 0 Å². The van der Waals surface area contributed by atoms with Gasteiger partial charge in [-0.25, -0.2) is 0 Å². The molecule has 2 saturated heterocycles. The second-order valence-electron chi connectivity index (χ2n) is 6.03. The Bertz CT molecular complexity index is 282. The van der Waals surface area contributed by atoms with Crippen molar-refractivity contribution in [1.82, 2.24) is 10.2 Å². The van der Waals surface area contributed by atoms with Crippen LogP contribution in [0.25, 0.3) is 0 Å². The Morgan fingerprint density at radius 2 is 2.00 bits per heavy atom. The van der Waals surface area contributed by atoms with E-state index in [0.29, 0.717) is 31.3 Å². The van der Waals surface area contributed by atoms with E-state index in [-0.39, 0.29) is 5.97 Å². The van der Waals surface area contributed by atoms with Crippen LogP contribution in [0.15, 0.2) is 0 Å². The summed E-state index contributed by atoms with van der Waals surface area (Å²) in [6, 6.07) is 1.91. The number of rotatable bonds is 6. The molecule has 2 bridgehead atoms. The van der Waals surface area contributed by atoms with Gasteiger partial charge in [0.25, 0.3) is 0 Å². The number of ether oxygens (including phenoxy) is 1. The van der Waals surface area contributed by atoms with E-state index in [4.69, 9.17) is 4.74 Å². The molecule has 0 amide bonds. The van der Waals surface area contributed by atoms with Gasteiger partial charge in [0.05, 0.1) is 13.2 Å². The lowest BCUT2D eigenvalue weighted by molar-refractivity contribution is -0.142. The molecule has 2 atom stereocenters. The summed E-state index contributed by atoms with van der Waals surface area (Å²) in [5.41, 5.74) is 0. The lowest BCUT2D eigenvalue weighted by atomic mass is 9.82. The van der Waals surface area contributed by atoms with E-state index < -0.39 is 0 Å². The van der Waals surface area contributed by atoms with E-state index >= 15 is 0 Å². The van der Waals surface area contributed by atoms with Gasteiger partial charge >= 0.3 is 5.97 Å². The van der Waals surface area contributed by atoms with Crippen LogP contribution in [0.5, 0.6) is 0 Å². The first-order chi connectivity index (χ1) is 9.20. The van der Waals surface area contributed by atoms with E-state index in [1.165, 1.54) is 32.1 Å². The van der Waals surface area contributed by atoms with Crippen molar-refractivity contribution in [3.8, 4) is 0 Å². The Balaban J connectivity index is 1.68. The Morgan fingerprint density at radius 1 is 1.32 bits per heavy atom. The molecule has 0 spiro atoms. The number of piperidine rings is 2. The van der Waals surface area contributed by atoms with Crippen LogP contribution >= 0.6 is 0 Å². The smallest absolute Gasteiger partial charge is 0.319 e. The molecule has 0 aromatic heterocycles. The van der Waals surface area contributed by atoms with Gasteiger partial charge in [0, 0.05) is 18.1 Å². The molecular formula is C15H28N2O2. The Labute approximate surface area is 116 Å². The van der Waals surface area contributed by atoms with Crippen molar-refractivity contribution in [3.63, 3.8) is 0 Å². The molecule has 2 aliphatic rings. The second-order valence-corrected chi connectivity index (χ2v) is 6.03. The molecule has 2 heterocycles. The molecule has 0 aliphatic carbocycles. The van der Waals surface area contributed by atoms with Crippen molar-refractivity contribution in [2.45, 2.75) is 70.0 Å². The lowest BCUT2D eigenvalue weighted by Crippen LogP contribution is -2.55. The molecule has 0 aromatic rings. The molecule has 19 heavy (non-hydrogen) atoms. The topological polar surface area (TPSA) is 41.6 Å². The summed E-state index contributed by atoms with van der Waals surface area (Å²) in [4.78, 5) is 14.1. The number of carbonyl (C=O) groups is 1. The van der Waals surface area contributed by atoms with Crippen LogP contribution in [0.3, 0.4) is 0 Å². The van der Waals surface area contributed by atoms with E-state index in [1.807, 2.05) is 0 Å². The van der Waals surface area contributed by atoms with E-state index in [0.717, 1.165) is 12.8 Å². The SMILES string of the molecule is CCCCOC(=O)CNC1CC2CCCC(C1)N2C. The molecule has 0 radical (unpaired) electrons. The van der Waals surface area contributed by atoms with Gasteiger partial charge in [0.15, 0.2) is 0 Å². The normalized spacial score (nSPS) is 31.2. The molecule has 2 unspecified atom stereocenters. The highest BCUT2D eigenvalue weighted by atomic mass is 16.5. The number of nitrogens with zero attached hydrogens (tertiary/aromatic N) is 1. The fourth-order valence-corrected chi connectivity index (χ4v) is 3.39. The standard InChI is InChI=1S/C15H28N2O2/c1-3-4-8-19-15(18)11-16-12-9-13-6-5-7-14(10-12)17(13)2/h12-14,16H,3-11H2,1-2H3. The van der Waals surface area contributed by atoms with Crippen LogP contribution in [-0.4, -0.2) is 49.2 Å². The number of carbonyl (C=O) groups excluding carboxylic acids is 1. The number of hydrogen-bond acceptors (Lipinski definition) is 4. The zero-order valence-electron chi connectivity index (χ0n) is 12.4. The van der Waals surface area contributed by atoms with Gasteiger partial charge in [-0.05, 0) is 39.2 Å². The molecule has 2 fully saturated rings. The van der Waals surface area contributed by atoms with Gasteiger partial charge < -0.3 is 15.0 Å². The summed E-state index contributed by atoms with van der Waals surface area (Å²) >= 11 is 0. The minimum Gasteiger partial charge on any atom is -0.465 e. The van der Waals surface area contributed by atoms with Crippen LogP contribution in [0.1, 0.15) is 51.9 Å². The van der Waals surface area contributed by atoms with Gasteiger partial charge in [-0.1, -0.05) is 19.8 Å². The number of nitrogens with one attached hydrogen (secondary N) is 1. The summed E-state index contributed by atoms with van der Waals surface area (Å²) in [5, 5.41) is 3.40. The van der Waals surface area contributed by atoms with E-state index in [2.05, 4.69) is 24.2 Å². The number of hydrogen-bond donors (Lipinski definition) is 1. The molecule has 1 N–H and O–H groups in total. The molecule has 0 saturated carbocycles. The fraction of sp³-hybridized carbons (Fsp3) is 0.933. The quantitative estimate of drug-likeness (QED) is 0.590. The third kappa shape index (κ3) is 4.18. The summed E-state index contributed by atoms with van der Waals surface area (Å²) in [6.07, 6.45) is 8.37. The maximum atomic E-state index is 11.6. The molecule has 2 aliphatic heterocycles. The highest BCUT2D eigenvalue weighted by Gasteiger charge is 2.35. The largest absolute Gasteiger partial charge is 0.465 e. The highest BCUT2D eigenvalue weighted by molar-refractivity contribution is 5.71. The first kappa shape index (κ1) is 14.8. The van der Waals surface area contributed by atoms with Gasteiger partial charge in [0.1, 0.15) is 0 Å². The van der Waals surface area contributed by atoms with Gasteiger partial charge in [-0.2, -0.15) is 0 Å². The summed E-state index contributed by atoms with van der Waals surface area (Å²) in [7, 11) is 2.25. The third-order valence-corrected chi connectivity index (χ3v) is 4.64. The van der Waals surface area contributed by atoms with Crippen molar-refractivity contribution >= 4 is 5.97 Å². The predicted octanol–water partition coefficient (Wildman–Crippen LogP) is 1.93. The number of fused-ring (bicyclic) bond motifs is 2. The molecule has 2 rings (SSSR count). The minimum atomic E-state index is -0.0995. The average molecular weight is 268 g/mol. The van der Waals surface area contributed by atoms with Crippen LogP contribution in [0, 0.1) is 0 Å². The van der Waals surface area contributed by atoms with E-state index in [9.17, 15) is 4.79 Å². The molecular weight excluding hydrogens is 240 g/mol. The van der Waals surface area contributed by atoms with Crippen LogP contribution in [0.4, 0.5) is 0 Å². The first-order valence-corrected chi connectivity index (χ1v) is 7.81. The third-order valence-electron chi connectivity index (χ3n) is 4.64. The number of unbranched alkanes of at least 4 members (excludes halogenated alkanes) is 1. The molecule has 110 valence electrons. The van der Waals surface area contributed by atoms with Gasteiger partial charge in [0.2, 0.25) is 0 Å². The average Bonchev–Trinajstić information content (AvgIpc) is 2.37. The lowest BCUT2D eigenvalue weighted by Gasteiger charge is -2.47. The Kier molecular flexibility index (Phi) is 5.64. The number of esters is 1. The maximum absolute atomic E-state index is 11.6. The first-order valence-electron chi connectivity index (χ1n) is 7.81. The Hall–Kier alpha value is -0.610. The molecule has 0 aromatic carbocycles. The highest BCUT2D eigenvalue weighted by Crippen LogP contribution is 2.32. The van der Waals surface area contributed by atoms with Gasteiger partial charge in [-0.3, -0.25) is 4.79 Å². The van der Waals surface area contributed by atoms with Crippen LogP contribution in [-0.2, 0) is 9.53 Å². The predicted molar refractivity (Wildman–Crippen MR) is 76.1 cm³/mol. The molecule has 4 nitrogen and oxygen atoms in total. The Morgan fingerprint density at radius 3 is 2.63 bits per heavy atom. The van der Waals surface area contributed by atoms with Crippen molar-refractivity contribution in [1.29, 1.82) is 0 Å². The summed E-state index contributed by atoms with van der Waals surface area (Å²) in [6.45, 7) is 3.04. The zero-order chi connectivity index (χ0) is 13.7. The fourth-order valence-electron chi connectivity index (χ4n) is 3.39. The van der Waals surface area contributed by atoms with Crippen molar-refractivity contribution in [3.05, 3.63) is 0 Å². The summed E-state index contributed by atoms with van der Waals surface area (Å²) in [5.74, 6) is -0.0995. The van der Waals surface area contributed by atoms with Crippen LogP contribution in [0.2, 0.25) is 0 Å². The minimum absolute atomic E-state index is 0.0995. The van der Waals surface area contributed by atoms with E-state index in [1.54, 1.807) is 0 Å². The molecule has 4 heteroatoms. The monoisotopic (exact) mass is 268 g/mol. The summed E-state index contributed by atoms with van der Waals surface area (Å²) < 4.78 is 5.18. The van der Waals surface area contributed by atoms with Crippen molar-refractivity contribution in [2.75, 3.05) is 20.2 Å². The zero-order valence-corrected chi connectivity index (χ0v) is 12.4. The van der Waals surface area contributed by atoms with Crippen molar-refractivity contribution < 1.29 is 9.53 Å².